The van der Waals surface area contributed by atoms with Gasteiger partial charge in [0.2, 0.25) is 6.41 Å². The number of hydrogen-bond donors (Lipinski definition) is 2. The molecular formula is C25H26ClN3O2. The number of aromatic nitrogens is 1. The Kier molecular flexibility index (Phi) is 7.68. The Balaban J connectivity index is 0.000000229. The molecule has 4 rings (SSSR count). The van der Waals surface area contributed by atoms with Crippen LogP contribution in [0, 0.1) is 6.92 Å². The van der Waals surface area contributed by atoms with Crippen LogP contribution in [0.25, 0.3) is 17.2 Å². The number of benzene rings is 2. The molecule has 1 unspecified atom stereocenters. The molecule has 0 saturated heterocycles. The number of fused-ring (bicyclic) bond motifs is 1. The fourth-order valence-corrected chi connectivity index (χ4v) is 3.58. The van der Waals surface area contributed by atoms with Crippen molar-refractivity contribution in [3.05, 3.63) is 82.5 Å². The second-order valence-electron chi connectivity index (χ2n) is 7.30. The lowest BCUT2D eigenvalue weighted by molar-refractivity contribution is -0.109. The van der Waals surface area contributed by atoms with Gasteiger partial charge >= 0.3 is 0 Å². The number of nitrogens with two attached hydrogens (primary N) is 1. The quantitative estimate of drug-likeness (QED) is 0.549. The van der Waals surface area contributed by atoms with Gasteiger partial charge in [0.05, 0.1) is 11.6 Å². The lowest BCUT2D eigenvalue weighted by atomic mass is 10.00. The Bertz CT molecular complexity index is 1050. The van der Waals surface area contributed by atoms with Crippen LogP contribution >= 0.6 is 11.6 Å². The van der Waals surface area contributed by atoms with E-state index in [4.69, 9.17) is 22.1 Å². The highest BCUT2D eigenvalue weighted by molar-refractivity contribution is 6.32. The molecule has 2 heterocycles. The third-order valence-electron chi connectivity index (χ3n) is 4.83. The number of hydrogen-bond acceptors (Lipinski definition) is 4. The van der Waals surface area contributed by atoms with Crippen LogP contribution in [0.3, 0.4) is 0 Å². The predicted octanol–water partition coefficient (Wildman–Crippen LogP) is 5.06. The third kappa shape index (κ3) is 6.09. The maximum atomic E-state index is 10.4. The van der Waals surface area contributed by atoms with Crippen molar-refractivity contribution in [1.82, 2.24) is 10.3 Å². The summed E-state index contributed by atoms with van der Waals surface area (Å²) >= 11 is 6.34. The molecular weight excluding hydrogens is 410 g/mol. The Morgan fingerprint density at radius 2 is 1.97 bits per heavy atom. The Morgan fingerprint density at radius 3 is 2.61 bits per heavy atom. The summed E-state index contributed by atoms with van der Waals surface area (Å²) in [6, 6.07) is 16.1. The second-order valence-corrected chi connectivity index (χ2v) is 7.71. The molecule has 1 aliphatic rings. The first-order valence-corrected chi connectivity index (χ1v) is 10.5. The molecule has 3 aromatic rings. The summed E-state index contributed by atoms with van der Waals surface area (Å²) < 4.78 is 5.80. The topological polar surface area (TPSA) is 77.2 Å². The van der Waals surface area contributed by atoms with E-state index in [2.05, 4.69) is 47.6 Å². The van der Waals surface area contributed by atoms with Crippen molar-refractivity contribution >= 4 is 29.9 Å². The average Bonchev–Trinajstić information content (AvgIpc) is 3.19. The van der Waals surface area contributed by atoms with E-state index in [-0.39, 0.29) is 6.10 Å². The van der Waals surface area contributed by atoms with Crippen LogP contribution in [0.4, 0.5) is 5.82 Å². The fourth-order valence-electron chi connectivity index (χ4n) is 3.30. The molecule has 31 heavy (non-hydrogen) atoms. The molecule has 1 aromatic heterocycles. The number of carbonyl (C=O) groups is 1. The number of rotatable bonds is 5. The van der Waals surface area contributed by atoms with E-state index in [0.29, 0.717) is 23.8 Å². The first-order valence-electron chi connectivity index (χ1n) is 10.1. The summed E-state index contributed by atoms with van der Waals surface area (Å²) in [6.07, 6.45) is 7.09. The number of nitrogen functional groups attached to an aromatic ring is 1. The van der Waals surface area contributed by atoms with Crippen molar-refractivity contribution in [3.63, 3.8) is 0 Å². The van der Waals surface area contributed by atoms with Crippen LogP contribution < -0.4 is 15.8 Å². The molecule has 2 aromatic carbocycles. The zero-order chi connectivity index (χ0) is 22.2. The fraction of sp³-hybridized carbons (Fsp3) is 0.200. The number of aryl methyl sites for hydroxylation is 1. The summed E-state index contributed by atoms with van der Waals surface area (Å²) in [4.78, 5) is 14.3. The number of halogens is 1. The van der Waals surface area contributed by atoms with E-state index in [9.17, 15) is 4.79 Å². The molecule has 160 valence electrons. The van der Waals surface area contributed by atoms with E-state index in [0.717, 1.165) is 34.4 Å². The van der Waals surface area contributed by atoms with Gasteiger partial charge < -0.3 is 15.8 Å². The smallest absolute Gasteiger partial charge is 0.207 e. The van der Waals surface area contributed by atoms with E-state index in [1.54, 1.807) is 12.3 Å². The third-order valence-corrected chi connectivity index (χ3v) is 5.12. The Labute approximate surface area is 187 Å². The number of allylic oxidation sites excluding steroid dienone is 1. The van der Waals surface area contributed by atoms with E-state index >= 15 is 0 Å². The van der Waals surface area contributed by atoms with Crippen LogP contribution in [0.2, 0.25) is 5.02 Å². The van der Waals surface area contributed by atoms with Gasteiger partial charge in [0.25, 0.3) is 0 Å². The minimum absolute atomic E-state index is 0.0454. The molecule has 0 saturated carbocycles. The summed E-state index contributed by atoms with van der Waals surface area (Å²) in [5, 5.41) is 3.27. The highest BCUT2D eigenvalue weighted by Gasteiger charge is 2.25. The van der Waals surface area contributed by atoms with Gasteiger partial charge in [-0.05, 0) is 54.8 Å². The number of amides is 1. The minimum Gasteiger partial charge on any atom is -0.486 e. The molecule has 0 spiro atoms. The largest absolute Gasteiger partial charge is 0.486 e. The van der Waals surface area contributed by atoms with Crippen LogP contribution in [-0.4, -0.2) is 24.0 Å². The summed E-state index contributed by atoms with van der Waals surface area (Å²) in [5.74, 6) is 1.30. The van der Waals surface area contributed by atoms with Gasteiger partial charge in [-0.25, -0.2) is 4.98 Å². The number of carbonyl (C=O) groups excluding carboxylic acids is 1. The van der Waals surface area contributed by atoms with Crippen LogP contribution in [0.15, 0.2) is 60.8 Å². The van der Waals surface area contributed by atoms with E-state index < -0.39 is 0 Å². The van der Waals surface area contributed by atoms with Crippen molar-refractivity contribution in [2.24, 2.45) is 0 Å². The maximum Gasteiger partial charge on any atom is 0.207 e. The molecule has 0 bridgehead atoms. The first kappa shape index (κ1) is 22.4. The standard InChI is InChI=1S/C17H16ClNO2.C8H10N2/c1-11-2-4-12(5-3-11)13-6-14-7-15(9-19-10-20)21-17(14)16(18)8-13;1-2-3-7-4-5-8(9)10-6-7/h2-6,8,10,15H,7,9H2,1H3,(H,19,20);2-6H,1H3,(H2,9,10)/b;3-2+. The van der Waals surface area contributed by atoms with Crippen molar-refractivity contribution in [1.29, 1.82) is 0 Å². The number of nitrogens with zero attached hydrogens (tertiary/aromatic N) is 1. The first-order chi connectivity index (χ1) is 15.0. The molecule has 1 atom stereocenters. The monoisotopic (exact) mass is 435 g/mol. The minimum atomic E-state index is -0.0454. The molecule has 0 fully saturated rings. The lowest BCUT2D eigenvalue weighted by Crippen LogP contribution is -2.29. The lowest BCUT2D eigenvalue weighted by Gasteiger charge is -2.10. The molecule has 0 aliphatic carbocycles. The van der Waals surface area contributed by atoms with Crippen molar-refractivity contribution < 1.29 is 9.53 Å². The number of anilines is 1. The average molecular weight is 436 g/mol. The van der Waals surface area contributed by atoms with Crippen LogP contribution in [0.5, 0.6) is 5.75 Å². The number of pyridine rings is 1. The van der Waals surface area contributed by atoms with Crippen LogP contribution in [0.1, 0.15) is 23.6 Å². The van der Waals surface area contributed by atoms with Gasteiger partial charge in [-0.15, -0.1) is 0 Å². The zero-order valence-corrected chi connectivity index (χ0v) is 18.4. The maximum absolute atomic E-state index is 10.4. The molecule has 0 radical (unpaired) electrons. The normalized spacial score (nSPS) is 14.4. The molecule has 1 amide bonds. The van der Waals surface area contributed by atoms with E-state index in [1.165, 1.54) is 5.56 Å². The highest BCUT2D eigenvalue weighted by Crippen LogP contribution is 2.39. The Hall–Kier alpha value is -3.31. The predicted molar refractivity (Wildman–Crippen MR) is 127 cm³/mol. The van der Waals surface area contributed by atoms with Gasteiger partial charge in [0.15, 0.2) is 0 Å². The van der Waals surface area contributed by atoms with Crippen LogP contribution in [-0.2, 0) is 11.2 Å². The highest BCUT2D eigenvalue weighted by atomic mass is 35.5. The SMILES string of the molecule is C/C=C/c1ccc(N)nc1.Cc1ccc(-c2cc(Cl)c3c(c2)CC(CNC=O)O3)cc1. The second kappa shape index (κ2) is 10.6. The number of nitrogens with one attached hydrogen (secondary N) is 1. The molecule has 1 aliphatic heterocycles. The van der Waals surface area contributed by atoms with Crippen molar-refractivity contribution in [2.75, 3.05) is 12.3 Å². The zero-order valence-electron chi connectivity index (χ0n) is 17.6. The number of ether oxygens (including phenoxy) is 1. The molecule has 6 heteroatoms. The van der Waals surface area contributed by atoms with Gasteiger partial charge in [-0.1, -0.05) is 53.6 Å². The van der Waals surface area contributed by atoms with Crippen molar-refractivity contribution in [2.45, 2.75) is 26.4 Å². The summed E-state index contributed by atoms with van der Waals surface area (Å²) in [5.41, 5.74) is 11.0. The summed E-state index contributed by atoms with van der Waals surface area (Å²) in [7, 11) is 0. The van der Waals surface area contributed by atoms with Crippen molar-refractivity contribution in [3.8, 4) is 16.9 Å². The van der Waals surface area contributed by atoms with E-state index in [1.807, 2.05) is 31.2 Å². The van der Waals surface area contributed by atoms with Gasteiger partial charge in [0.1, 0.15) is 17.7 Å². The van der Waals surface area contributed by atoms with Gasteiger partial charge in [0, 0.05) is 18.2 Å². The molecule has 5 nitrogen and oxygen atoms in total. The van der Waals surface area contributed by atoms with Gasteiger partial charge in [-0.3, -0.25) is 4.79 Å². The Morgan fingerprint density at radius 1 is 1.19 bits per heavy atom. The van der Waals surface area contributed by atoms with Gasteiger partial charge in [-0.2, -0.15) is 0 Å². The molecule has 3 N–H and O–H groups in total. The summed E-state index contributed by atoms with van der Waals surface area (Å²) in [6.45, 7) is 4.53.